The van der Waals surface area contributed by atoms with Crippen LogP contribution in [-0.2, 0) is 10.8 Å². The predicted octanol–water partition coefficient (Wildman–Crippen LogP) is 16.9. The van der Waals surface area contributed by atoms with Gasteiger partial charge in [0.1, 0.15) is 0 Å². The Morgan fingerprint density at radius 1 is 0.349 bits per heavy atom. The number of hydrogen-bond acceptors (Lipinski definition) is 2. The summed E-state index contributed by atoms with van der Waals surface area (Å²) in [7, 11) is 0. The maximum absolute atomic E-state index is 2.53. The Morgan fingerprint density at radius 3 is 1.83 bits per heavy atom. The second-order valence-electron chi connectivity index (χ2n) is 18.6. The highest BCUT2D eigenvalue weighted by molar-refractivity contribution is 7.25. The molecule has 63 heavy (non-hydrogen) atoms. The monoisotopic (exact) mass is 824 g/mol. The molecule has 2 nitrogen and oxygen atoms in total. The average Bonchev–Trinajstić information content (AvgIpc) is 3.94. The molecule has 11 aromatic rings. The number of nitrogens with zero attached hydrogens (tertiary/aromatic N) is 2. The Hall–Kier alpha value is -7.20. The van der Waals surface area contributed by atoms with Crippen molar-refractivity contribution in [3.05, 3.63) is 216 Å². The smallest absolute Gasteiger partial charge is 0.0541 e. The number of fused-ring (bicyclic) bond motifs is 11. The van der Waals surface area contributed by atoms with Crippen molar-refractivity contribution < 1.29 is 0 Å². The van der Waals surface area contributed by atoms with Crippen LogP contribution >= 0.6 is 11.3 Å². The van der Waals surface area contributed by atoms with Crippen LogP contribution < -0.4 is 4.90 Å². The van der Waals surface area contributed by atoms with E-state index in [1.165, 1.54) is 115 Å². The van der Waals surface area contributed by atoms with Gasteiger partial charge >= 0.3 is 0 Å². The Balaban J connectivity index is 0.980. The fraction of sp³-hybridized carbons (Fsp3) is 0.100. The van der Waals surface area contributed by atoms with Gasteiger partial charge in [0, 0.05) is 53.1 Å². The molecule has 1 aliphatic heterocycles. The van der Waals surface area contributed by atoms with E-state index in [-0.39, 0.29) is 10.8 Å². The number of anilines is 3. The molecule has 9 aromatic carbocycles. The summed E-state index contributed by atoms with van der Waals surface area (Å²) in [6.45, 7) is 9.62. The highest BCUT2D eigenvalue weighted by Gasteiger charge is 2.42. The lowest BCUT2D eigenvalue weighted by molar-refractivity contribution is 0.627. The molecule has 2 aromatic heterocycles. The zero-order chi connectivity index (χ0) is 42.2. The summed E-state index contributed by atoms with van der Waals surface area (Å²) >= 11 is 1.87. The molecule has 0 atom stereocenters. The lowest BCUT2D eigenvalue weighted by atomic mass is 9.71. The van der Waals surface area contributed by atoms with Crippen molar-refractivity contribution in [2.24, 2.45) is 0 Å². The molecular weight excluding hydrogens is 781 g/mol. The molecule has 3 heteroatoms. The van der Waals surface area contributed by atoms with Crippen molar-refractivity contribution >= 4 is 70.4 Å². The Morgan fingerprint density at radius 2 is 0.968 bits per heavy atom. The van der Waals surface area contributed by atoms with Crippen LogP contribution in [0.4, 0.5) is 17.1 Å². The molecule has 0 saturated carbocycles. The first-order valence-electron chi connectivity index (χ1n) is 22.1. The normalized spacial score (nSPS) is 14.6. The summed E-state index contributed by atoms with van der Waals surface area (Å²) in [6.07, 6.45) is 0. The Bertz CT molecular complexity index is 3680. The standard InChI is InChI=1S/C60H44N2S/c1-59(2)49-19-11-8-16-43(49)46-35-52-56(36-50(46)59)61(41-26-22-38(23-27-41)37-14-6-5-7-15-37)55-30-25-40(33-51(55)60(52,3)4)39-24-29-54-47(32-39)44-17-9-12-20-53(44)62(54)42-28-31-58-48(34-42)45-18-10-13-21-57(45)63-58/h5-36H,1-4H3. The van der Waals surface area contributed by atoms with Crippen molar-refractivity contribution in [1.29, 1.82) is 0 Å². The molecule has 0 N–H and O–H groups in total. The van der Waals surface area contributed by atoms with E-state index in [0.717, 1.165) is 5.69 Å². The molecule has 0 amide bonds. The topological polar surface area (TPSA) is 8.17 Å². The Kier molecular flexibility index (Phi) is 7.61. The molecule has 13 rings (SSSR count). The van der Waals surface area contributed by atoms with E-state index in [0.29, 0.717) is 0 Å². The van der Waals surface area contributed by atoms with Gasteiger partial charge < -0.3 is 9.47 Å². The van der Waals surface area contributed by atoms with E-state index in [1.54, 1.807) is 0 Å². The van der Waals surface area contributed by atoms with E-state index in [1.807, 2.05) is 11.3 Å². The molecule has 0 fully saturated rings. The number of benzene rings is 9. The van der Waals surface area contributed by atoms with Gasteiger partial charge in [-0.15, -0.1) is 11.3 Å². The van der Waals surface area contributed by atoms with Crippen molar-refractivity contribution in [3.63, 3.8) is 0 Å². The van der Waals surface area contributed by atoms with Gasteiger partial charge in [0.15, 0.2) is 0 Å². The minimum absolute atomic E-state index is 0.106. The van der Waals surface area contributed by atoms with Gasteiger partial charge in [0.05, 0.1) is 22.4 Å². The zero-order valence-corrected chi connectivity index (χ0v) is 36.6. The minimum atomic E-state index is -0.275. The van der Waals surface area contributed by atoms with Crippen LogP contribution in [0.1, 0.15) is 49.9 Å². The molecule has 1 aliphatic carbocycles. The summed E-state index contributed by atoms with van der Waals surface area (Å²) in [5.41, 5.74) is 19.9. The van der Waals surface area contributed by atoms with E-state index in [9.17, 15) is 0 Å². The van der Waals surface area contributed by atoms with Gasteiger partial charge in [0.25, 0.3) is 0 Å². The molecule has 0 bridgehead atoms. The molecule has 2 aliphatic rings. The fourth-order valence-corrected chi connectivity index (χ4v) is 12.2. The fourth-order valence-electron chi connectivity index (χ4n) is 11.1. The highest BCUT2D eigenvalue weighted by atomic mass is 32.1. The van der Waals surface area contributed by atoms with Crippen molar-refractivity contribution in [2.45, 2.75) is 38.5 Å². The van der Waals surface area contributed by atoms with Gasteiger partial charge in [0.2, 0.25) is 0 Å². The quantitative estimate of drug-likeness (QED) is 0.172. The molecule has 0 spiro atoms. The second-order valence-corrected chi connectivity index (χ2v) is 19.6. The number of rotatable bonds is 4. The third kappa shape index (κ3) is 5.24. The van der Waals surface area contributed by atoms with Crippen molar-refractivity contribution in [1.82, 2.24) is 4.57 Å². The number of para-hydroxylation sites is 1. The average molecular weight is 825 g/mol. The van der Waals surface area contributed by atoms with Gasteiger partial charge in [-0.1, -0.05) is 143 Å². The largest absolute Gasteiger partial charge is 0.310 e. The van der Waals surface area contributed by atoms with Gasteiger partial charge in [-0.3, -0.25) is 0 Å². The molecule has 0 saturated heterocycles. The lowest BCUT2D eigenvalue weighted by Gasteiger charge is -2.43. The second kappa shape index (κ2) is 13.2. The molecular formula is C60H44N2S. The van der Waals surface area contributed by atoms with Crippen LogP contribution in [0.5, 0.6) is 0 Å². The number of thiophene rings is 1. The third-order valence-corrected chi connectivity index (χ3v) is 15.5. The SMILES string of the molecule is CC1(C)c2ccccc2-c2cc3c(cc21)N(c1ccc(-c2ccccc2)cc1)c1ccc(-c2ccc4c(c2)c2ccccc2n4-c2ccc4sc5ccccc5c4c2)cc1C3(C)C. The predicted molar refractivity (Wildman–Crippen MR) is 269 cm³/mol. The first-order chi connectivity index (χ1) is 30.7. The van der Waals surface area contributed by atoms with Crippen LogP contribution in [0.25, 0.3) is 81.0 Å². The Labute approximate surface area is 371 Å². The van der Waals surface area contributed by atoms with Crippen LogP contribution in [0.15, 0.2) is 194 Å². The molecule has 3 heterocycles. The van der Waals surface area contributed by atoms with Crippen molar-refractivity contribution in [2.75, 3.05) is 4.90 Å². The number of aromatic nitrogens is 1. The van der Waals surface area contributed by atoms with Crippen LogP contribution in [0, 0.1) is 0 Å². The number of hydrogen-bond donors (Lipinski definition) is 0. The van der Waals surface area contributed by atoms with Gasteiger partial charge in [-0.2, -0.15) is 0 Å². The van der Waals surface area contributed by atoms with E-state index >= 15 is 0 Å². The summed E-state index contributed by atoms with van der Waals surface area (Å²) in [5, 5.41) is 5.16. The maximum Gasteiger partial charge on any atom is 0.0541 e. The van der Waals surface area contributed by atoms with E-state index < -0.39 is 0 Å². The minimum Gasteiger partial charge on any atom is -0.310 e. The first kappa shape index (κ1) is 36.5. The summed E-state index contributed by atoms with van der Waals surface area (Å²) in [4.78, 5) is 2.53. The van der Waals surface area contributed by atoms with Gasteiger partial charge in [-0.25, -0.2) is 0 Å². The van der Waals surface area contributed by atoms with Crippen LogP contribution in [0.2, 0.25) is 0 Å². The zero-order valence-electron chi connectivity index (χ0n) is 35.8. The van der Waals surface area contributed by atoms with Crippen molar-refractivity contribution in [3.8, 4) is 39.1 Å². The summed E-state index contributed by atoms with van der Waals surface area (Å²) < 4.78 is 5.10. The molecule has 0 radical (unpaired) electrons. The highest BCUT2D eigenvalue weighted by Crippen LogP contribution is 2.58. The van der Waals surface area contributed by atoms with E-state index in [2.05, 4.69) is 231 Å². The van der Waals surface area contributed by atoms with Gasteiger partial charge in [-0.05, 0) is 134 Å². The molecule has 300 valence electrons. The third-order valence-electron chi connectivity index (χ3n) is 14.4. The van der Waals surface area contributed by atoms with Crippen LogP contribution in [0.3, 0.4) is 0 Å². The summed E-state index contributed by atoms with van der Waals surface area (Å²) in [5.74, 6) is 0. The first-order valence-corrected chi connectivity index (χ1v) is 22.9. The maximum atomic E-state index is 2.53. The summed E-state index contributed by atoms with van der Waals surface area (Å²) in [6, 6.07) is 72.8. The van der Waals surface area contributed by atoms with Crippen LogP contribution in [-0.4, -0.2) is 4.57 Å². The lowest BCUT2D eigenvalue weighted by Crippen LogP contribution is -2.31. The van der Waals surface area contributed by atoms with E-state index in [4.69, 9.17) is 0 Å². The molecule has 0 unspecified atom stereocenters.